The first-order chi connectivity index (χ1) is 14.0. The Kier molecular flexibility index (Phi) is 6.88. The van der Waals surface area contributed by atoms with Gasteiger partial charge < -0.3 is 19.8 Å². The van der Waals surface area contributed by atoms with Crippen LogP contribution >= 0.6 is 0 Å². The molecule has 0 radical (unpaired) electrons. The molecule has 0 saturated carbocycles. The number of hydrogen-bond acceptors (Lipinski definition) is 5. The van der Waals surface area contributed by atoms with Crippen LogP contribution < -0.4 is 4.74 Å². The summed E-state index contributed by atoms with van der Waals surface area (Å²) in [6, 6.07) is 12.0. The highest BCUT2D eigenvalue weighted by atomic mass is 16.5. The molecule has 6 nitrogen and oxygen atoms in total. The van der Waals surface area contributed by atoms with Crippen LogP contribution in [0.4, 0.5) is 0 Å². The molecular weight excluding hydrogens is 370 g/mol. The van der Waals surface area contributed by atoms with E-state index in [2.05, 4.69) is 0 Å². The maximum Gasteiger partial charge on any atom is 0.254 e. The number of carbonyl (C=O) groups excluding carboxylic acids is 2. The molecule has 1 heterocycles. The minimum absolute atomic E-state index is 0.0117. The van der Waals surface area contributed by atoms with E-state index in [9.17, 15) is 19.8 Å². The molecule has 0 aliphatic carbocycles. The van der Waals surface area contributed by atoms with E-state index in [1.54, 1.807) is 18.2 Å². The molecule has 1 aliphatic rings. The van der Waals surface area contributed by atoms with Crippen LogP contribution in [0.5, 0.6) is 11.5 Å². The summed E-state index contributed by atoms with van der Waals surface area (Å²) < 4.78 is 5.90. The van der Waals surface area contributed by atoms with Crippen molar-refractivity contribution in [3.05, 3.63) is 59.2 Å². The van der Waals surface area contributed by atoms with Crippen molar-refractivity contribution in [2.75, 3.05) is 19.8 Å². The average Bonchev–Trinajstić information content (AvgIpc) is 2.72. The quantitative estimate of drug-likeness (QED) is 0.701. The second-order valence-electron chi connectivity index (χ2n) is 7.30. The van der Waals surface area contributed by atoms with Crippen molar-refractivity contribution in [2.24, 2.45) is 0 Å². The van der Waals surface area contributed by atoms with Crippen LogP contribution in [-0.4, -0.2) is 52.6 Å². The maximum atomic E-state index is 13.2. The zero-order valence-corrected chi connectivity index (χ0v) is 16.6. The van der Waals surface area contributed by atoms with E-state index in [-0.39, 0.29) is 42.3 Å². The highest BCUT2D eigenvalue weighted by Crippen LogP contribution is 2.29. The van der Waals surface area contributed by atoms with E-state index in [1.807, 2.05) is 23.1 Å². The molecule has 1 fully saturated rings. The third kappa shape index (κ3) is 4.77. The molecule has 0 aromatic heterocycles. The van der Waals surface area contributed by atoms with Crippen molar-refractivity contribution in [1.29, 1.82) is 0 Å². The average molecular weight is 397 g/mol. The molecule has 0 unspecified atom stereocenters. The highest BCUT2D eigenvalue weighted by molar-refractivity contribution is 5.99. The molecule has 0 spiro atoms. The Labute approximate surface area is 170 Å². The van der Waals surface area contributed by atoms with Gasteiger partial charge in [-0.1, -0.05) is 24.3 Å². The van der Waals surface area contributed by atoms with Gasteiger partial charge in [-0.2, -0.15) is 0 Å². The summed E-state index contributed by atoms with van der Waals surface area (Å²) in [7, 11) is 0. The van der Waals surface area contributed by atoms with Crippen molar-refractivity contribution < 1.29 is 24.5 Å². The lowest BCUT2D eigenvalue weighted by Crippen LogP contribution is -2.47. The fourth-order valence-corrected chi connectivity index (χ4v) is 3.84. The van der Waals surface area contributed by atoms with Crippen LogP contribution in [0.2, 0.25) is 0 Å². The number of ketones is 1. The molecule has 2 N–H and O–H groups in total. The third-order valence-corrected chi connectivity index (χ3v) is 5.30. The van der Waals surface area contributed by atoms with E-state index < -0.39 is 0 Å². The van der Waals surface area contributed by atoms with Crippen LogP contribution in [0.15, 0.2) is 42.5 Å². The number of likely N-dealkylation sites (tertiary alicyclic amines) is 1. The number of amides is 1. The van der Waals surface area contributed by atoms with Gasteiger partial charge in [0.05, 0.1) is 6.04 Å². The van der Waals surface area contributed by atoms with Gasteiger partial charge in [-0.25, -0.2) is 0 Å². The van der Waals surface area contributed by atoms with Gasteiger partial charge in [-0.15, -0.1) is 0 Å². The Morgan fingerprint density at radius 3 is 2.69 bits per heavy atom. The number of aromatic hydroxyl groups is 1. The highest BCUT2D eigenvalue weighted by Gasteiger charge is 2.29. The van der Waals surface area contributed by atoms with Crippen LogP contribution in [0.1, 0.15) is 52.5 Å². The van der Waals surface area contributed by atoms with E-state index in [0.717, 1.165) is 24.8 Å². The number of phenolic OH excluding ortho intramolecular Hbond substituents is 1. The predicted molar refractivity (Wildman–Crippen MR) is 110 cm³/mol. The van der Waals surface area contributed by atoms with Gasteiger partial charge in [-0.3, -0.25) is 9.59 Å². The van der Waals surface area contributed by atoms with Crippen molar-refractivity contribution in [3.63, 3.8) is 0 Å². The molecule has 3 rings (SSSR count). The lowest BCUT2D eigenvalue weighted by molar-refractivity contribution is 0.0525. The smallest absolute Gasteiger partial charge is 0.254 e. The number of phenols is 1. The molecule has 0 bridgehead atoms. The van der Waals surface area contributed by atoms with Crippen molar-refractivity contribution in [1.82, 2.24) is 4.90 Å². The van der Waals surface area contributed by atoms with Gasteiger partial charge in [0.1, 0.15) is 23.7 Å². The SMILES string of the molecule is CC(=O)c1c(O)cccc1OC[C@@H]1CCCCN1C(=O)c1ccccc1CCO. The Hall–Kier alpha value is -2.86. The number of ether oxygens (including phenoxy) is 1. The summed E-state index contributed by atoms with van der Waals surface area (Å²) in [6.07, 6.45) is 3.16. The first kappa shape index (κ1) is 20.9. The molecule has 1 aliphatic heterocycles. The first-order valence-electron chi connectivity index (χ1n) is 9.98. The predicted octanol–water partition coefficient (Wildman–Crippen LogP) is 3.20. The summed E-state index contributed by atoms with van der Waals surface area (Å²) in [5.74, 6) is -0.113. The first-order valence-corrected chi connectivity index (χ1v) is 9.98. The number of aliphatic hydroxyl groups excluding tert-OH is 1. The van der Waals surface area contributed by atoms with Gasteiger partial charge in [-0.05, 0) is 56.4 Å². The number of Topliss-reactive ketones (excluding diaryl/α,β-unsaturated/α-hetero) is 1. The molecule has 2 aromatic carbocycles. The van der Waals surface area contributed by atoms with E-state index in [0.29, 0.717) is 24.3 Å². The summed E-state index contributed by atoms with van der Waals surface area (Å²) >= 11 is 0. The van der Waals surface area contributed by atoms with E-state index in [1.165, 1.54) is 13.0 Å². The fourth-order valence-electron chi connectivity index (χ4n) is 3.84. The molecule has 154 valence electrons. The third-order valence-electron chi connectivity index (χ3n) is 5.30. The lowest BCUT2D eigenvalue weighted by Gasteiger charge is -2.36. The van der Waals surface area contributed by atoms with Gasteiger partial charge >= 0.3 is 0 Å². The zero-order chi connectivity index (χ0) is 20.8. The largest absolute Gasteiger partial charge is 0.507 e. The monoisotopic (exact) mass is 397 g/mol. The Bertz CT molecular complexity index is 879. The van der Waals surface area contributed by atoms with Gasteiger partial charge in [0.2, 0.25) is 0 Å². The normalized spacial score (nSPS) is 16.5. The molecule has 6 heteroatoms. The number of aliphatic hydroxyl groups is 1. The Morgan fingerprint density at radius 2 is 1.93 bits per heavy atom. The summed E-state index contributed by atoms with van der Waals surface area (Å²) in [4.78, 5) is 26.9. The molecule has 29 heavy (non-hydrogen) atoms. The summed E-state index contributed by atoms with van der Waals surface area (Å²) in [5.41, 5.74) is 1.60. The maximum absolute atomic E-state index is 13.2. The molecule has 1 saturated heterocycles. The van der Waals surface area contributed by atoms with Gasteiger partial charge in [0.25, 0.3) is 5.91 Å². The van der Waals surface area contributed by atoms with Crippen molar-refractivity contribution >= 4 is 11.7 Å². The topological polar surface area (TPSA) is 87.1 Å². The van der Waals surface area contributed by atoms with Crippen LogP contribution in [0.25, 0.3) is 0 Å². The minimum atomic E-state index is -0.271. The second-order valence-corrected chi connectivity index (χ2v) is 7.30. The van der Waals surface area contributed by atoms with Crippen LogP contribution in [0, 0.1) is 0 Å². The number of nitrogens with zero attached hydrogens (tertiary/aromatic N) is 1. The Morgan fingerprint density at radius 1 is 1.14 bits per heavy atom. The number of rotatable bonds is 7. The lowest BCUT2D eigenvalue weighted by atomic mass is 9.98. The fraction of sp³-hybridized carbons (Fsp3) is 0.391. The second kappa shape index (κ2) is 9.56. The van der Waals surface area contributed by atoms with Gasteiger partial charge in [0.15, 0.2) is 5.78 Å². The van der Waals surface area contributed by atoms with E-state index >= 15 is 0 Å². The summed E-state index contributed by atoms with van der Waals surface area (Å²) in [5, 5.41) is 19.3. The number of hydrogen-bond donors (Lipinski definition) is 2. The number of benzene rings is 2. The molecule has 1 amide bonds. The van der Waals surface area contributed by atoms with Crippen LogP contribution in [0.3, 0.4) is 0 Å². The molecule has 2 aromatic rings. The Balaban J connectivity index is 1.78. The molecule has 1 atom stereocenters. The van der Waals surface area contributed by atoms with Crippen molar-refractivity contribution in [2.45, 2.75) is 38.6 Å². The number of carbonyl (C=O) groups is 2. The standard InChI is InChI=1S/C23H27NO5/c1-16(26)22-20(27)10-6-11-21(22)29-15-18-8-4-5-13-24(18)23(28)19-9-3-2-7-17(19)12-14-25/h2-3,6-7,9-11,18,25,27H,4-5,8,12-15H2,1H3/t18-/m0/s1. The number of piperidine rings is 1. The minimum Gasteiger partial charge on any atom is -0.507 e. The zero-order valence-electron chi connectivity index (χ0n) is 16.6. The molecular formula is C23H27NO5. The summed E-state index contributed by atoms with van der Waals surface area (Å²) in [6.45, 7) is 2.26. The van der Waals surface area contributed by atoms with Crippen molar-refractivity contribution in [3.8, 4) is 11.5 Å². The van der Waals surface area contributed by atoms with Gasteiger partial charge in [0, 0.05) is 18.7 Å². The van der Waals surface area contributed by atoms with Crippen LogP contribution in [-0.2, 0) is 6.42 Å². The van der Waals surface area contributed by atoms with E-state index in [4.69, 9.17) is 4.74 Å².